The van der Waals surface area contributed by atoms with E-state index in [9.17, 15) is 8.42 Å². The number of rotatable bonds is 6. The summed E-state index contributed by atoms with van der Waals surface area (Å²) in [5, 5.41) is 0. The Labute approximate surface area is 137 Å². The van der Waals surface area contributed by atoms with Crippen molar-refractivity contribution in [1.82, 2.24) is 4.72 Å². The highest BCUT2D eigenvalue weighted by Gasteiger charge is 2.20. The van der Waals surface area contributed by atoms with Crippen molar-refractivity contribution < 1.29 is 8.42 Å². The van der Waals surface area contributed by atoms with Crippen molar-refractivity contribution >= 4 is 37.3 Å². The zero-order chi connectivity index (χ0) is 15.5. The van der Waals surface area contributed by atoms with Crippen molar-refractivity contribution in [3.63, 3.8) is 0 Å². The summed E-state index contributed by atoms with van der Waals surface area (Å²) in [5.41, 5.74) is 7.85. The fourth-order valence-electron chi connectivity index (χ4n) is 1.97. The molecule has 0 atom stereocenters. The Morgan fingerprint density at radius 1 is 1.33 bits per heavy atom. The first-order valence-corrected chi connectivity index (χ1v) is 9.56. The van der Waals surface area contributed by atoms with E-state index >= 15 is 0 Å². The third-order valence-corrected chi connectivity index (χ3v) is 6.88. The van der Waals surface area contributed by atoms with Gasteiger partial charge in [-0.25, -0.2) is 13.1 Å². The maximum Gasteiger partial charge on any atom is 0.242 e. The molecule has 0 aliphatic rings. The molecule has 7 heteroatoms. The molecule has 4 nitrogen and oxygen atoms in total. The Bertz CT molecular complexity index is 726. The summed E-state index contributed by atoms with van der Waals surface area (Å²) in [6.07, 6.45) is 0.664. The van der Waals surface area contributed by atoms with Gasteiger partial charge in [-0.2, -0.15) is 0 Å². The van der Waals surface area contributed by atoms with Crippen LogP contribution in [0.5, 0.6) is 0 Å². The minimum atomic E-state index is -3.51. The number of sulfonamides is 1. The Hall–Kier alpha value is -0.730. The Balaban J connectivity index is 2.05. The Morgan fingerprint density at radius 2 is 2.05 bits per heavy atom. The number of halogens is 1. The number of hydrogen-bond acceptors (Lipinski definition) is 4. The van der Waals surface area contributed by atoms with E-state index in [2.05, 4.69) is 20.7 Å². The van der Waals surface area contributed by atoms with E-state index in [1.807, 2.05) is 31.2 Å². The van der Waals surface area contributed by atoms with Gasteiger partial charge in [-0.1, -0.05) is 24.3 Å². The van der Waals surface area contributed by atoms with Crippen molar-refractivity contribution in [2.75, 3.05) is 6.54 Å². The van der Waals surface area contributed by atoms with Gasteiger partial charge in [0.2, 0.25) is 10.0 Å². The maximum absolute atomic E-state index is 12.3. The summed E-state index contributed by atoms with van der Waals surface area (Å²) >= 11 is 4.63. The molecule has 2 aromatic rings. The number of nitrogens with two attached hydrogens (primary N) is 1. The van der Waals surface area contributed by atoms with Gasteiger partial charge in [0.25, 0.3) is 0 Å². The molecule has 0 saturated carbocycles. The standard InChI is InChI=1S/C14H17BrN2O2S2/c1-10-4-2-3-5-11(10)6-7-17-21(18,19)13-8-12(9-16)20-14(13)15/h2-5,8,17H,6-7,9,16H2,1H3. The summed E-state index contributed by atoms with van der Waals surface area (Å²) in [5.74, 6) is 0. The van der Waals surface area contributed by atoms with E-state index in [4.69, 9.17) is 5.73 Å². The van der Waals surface area contributed by atoms with Crippen LogP contribution in [0.1, 0.15) is 16.0 Å². The van der Waals surface area contributed by atoms with E-state index in [0.29, 0.717) is 23.3 Å². The number of thiophene rings is 1. The lowest BCUT2D eigenvalue weighted by Gasteiger charge is -2.07. The van der Waals surface area contributed by atoms with E-state index < -0.39 is 10.0 Å². The fourth-order valence-corrected chi connectivity index (χ4v) is 5.56. The van der Waals surface area contributed by atoms with Crippen LogP contribution in [0.2, 0.25) is 0 Å². The van der Waals surface area contributed by atoms with E-state index in [1.54, 1.807) is 6.07 Å². The molecule has 1 aromatic carbocycles. The molecule has 0 aliphatic carbocycles. The molecule has 0 unspecified atom stereocenters. The molecule has 0 saturated heterocycles. The largest absolute Gasteiger partial charge is 0.326 e. The molecular weight excluding hydrogens is 372 g/mol. The van der Waals surface area contributed by atoms with Gasteiger partial charge in [0.1, 0.15) is 4.90 Å². The first-order valence-electron chi connectivity index (χ1n) is 6.46. The zero-order valence-electron chi connectivity index (χ0n) is 11.6. The molecule has 21 heavy (non-hydrogen) atoms. The molecule has 114 valence electrons. The smallest absolute Gasteiger partial charge is 0.242 e. The lowest BCUT2D eigenvalue weighted by atomic mass is 10.1. The summed E-state index contributed by atoms with van der Waals surface area (Å²) in [7, 11) is -3.51. The second-order valence-corrected chi connectivity index (χ2v) is 8.82. The first kappa shape index (κ1) is 16.6. The molecule has 2 rings (SSSR count). The minimum absolute atomic E-state index is 0.262. The zero-order valence-corrected chi connectivity index (χ0v) is 14.8. The summed E-state index contributed by atoms with van der Waals surface area (Å²) in [6.45, 7) is 2.72. The second-order valence-electron chi connectivity index (χ2n) is 4.63. The molecule has 0 bridgehead atoms. The Kier molecular flexibility index (Phi) is 5.56. The molecule has 0 radical (unpaired) electrons. The van der Waals surface area contributed by atoms with Crippen LogP contribution in [-0.4, -0.2) is 15.0 Å². The quantitative estimate of drug-likeness (QED) is 0.798. The van der Waals surface area contributed by atoms with Gasteiger partial charge in [-0.3, -0.25) is 0 Å². The molecular formula is C14H17BrN2O2S2. The van der Waals surface area contributed by atoms with Crippen LogP contribution < -0.4 is 10.5 Å². The molecule has 1 aromatic heterocycles. The predicted octanol–water partition coefficient (Wildman–Crippen LogP) is 2.80. The van der Waals surface area contributed by atoms with Crippen LogP contribution in [0.4, 0.5) is 0 Å². The van der Waals surface area contributed by atoms with Crippen molar-refractivity contribution in [2.24, 2.45) is 5.73 Å². The molecule has 0 aliphatic heterocycles. The topological polar surface area (TPSA) is 72.2 Å². The van der Waals surface area contributed by atoms with Crippen LogP contribution >= 0.6 is 27.3 Å². The highest BCUT2D eigenvalue weighted by atomic mass is 79.9. The molecule has 1 heterocycles. The normalized spacial score (nSPS) is 11.8. The van der Waals surface area contributed by atoms with Gasteiger partial charge >= 0.3 is 0 Å². The van der Waals surface area contributed by atoms with Gasteiger partial charge in [0.15, 0.2) is 0 Å². The van der Waals surface area contributed by atoms with Gasteiger partial charge in [0, 0.05) is 18.0 Å². The third-order valence-electron chi connectivity index (χ3n) is 3.14. The van der Waals surface area contributed by atoms with Crippen LogP contribution in [0, 0.1) is 6.92 Å². The molecule has 0 fully saturated rings. The lowest BCUT2D eigenvalue weighted by molar-refractivity contribution is 0.581. The minimum Gasteiger partial charge on any atom is -0.326 e. The van der Waals surface area contributed by atoms with E-state index in [-0.39, 0.29) is 4.90 Å². The average molecular weight is 389 g/mol. The lowest BCUT2D eigenvalue weighted by Crippen LogP contribution is -2.26. The number of benzene rings is 1. The van der Waals surface area contributed by atoms with Gasteiger partial charge in [0.05, 0.1) is 3.79 Å². The second kappa shape index (κ2) is 7.02. The van der Waals surface area contributed by atoms with E-state index in [1.165, 1.54) is 16.9 Å². The third kappa shape index (κ3) is 4.14. The first-order chi connectivity index (χ1) is 9.94. The number of hydrogen-bond donors (Lipinski definition) is 2. The van der Waals surface area contributed by atoms with Crippen molar-refractivity contribution in [3.8, 4) is 0 Å². The van der Waals surface area contributed by atoms with E-state index in [0.717, 1.165) is 10.4 Å². The van der Waals surface area contributed by atoms with Gasteiger partial charge in [-0.05, 0) is 46.5 Å². The monoisotopic (exact) mass is 388 g/mol. The molecule has 0 spiro atoms. The van der Waals surface area contributed by atoms with Gasteiger partial charge < -0.3 is 5.73 Å². The molecule has 3 N–H and O–H groups in total. The maximum atomic E-state index is 12.3. The van der Waals surface area contributed by atoms with Crippen LogP contribution in [0.15, 0.2) is 39.0 Å². The fraction of sp³-hybridized carbons (Fsp3) is 0.286. The molecule has 0 amide bonds. The van der Waals surface area contributed by atoms with Crippen LogP contribution in [-0.2, 0) is 23.0 Å². The predicted molar refractivity (Wildman–Crippen MR) is 90.0 cm³/mol. The average Bonchev–Trinajstić information content (AvgIpc) is 2.83. The van der Waals surface area contributed by atoms with Crippen molar-refractivity contribution in [3.05, 3.63) is 50.1 Å². The summed E-state index contributed by atoms with van der Waals surface area (Å²) < 4.78 is 27.8. The van der Waals surface area contributed by atoms with Gasteiger partial charge in [-0.15, -0.1) is 11.3 Å². The summed E-state index contributed by atoms with van der Waals surface area (Å²) in [6, 6.07) is 9.58. The Morgan fingerprint density at radius 3 is 2.67 bits per heavy atom. The van der Waals surface area contributed by atoms with Crippen molar-refractivity contribution in [1.29, 1.82) is 0 Å². The highest BCUT2D eigenvalue weighted by Crippen LogP contribution is 2.31. The number of nitrogens with one attached hydrogen (secondary N) is 1. The number of aryl methyl sites for hydroxylation is 1. The van der Waals surface area contributed by atoms with Crippen molar-refractivity contribution in [2.45, 2.75) is 24.8 Å². The van der Waals surface area contributed by atoms with Crippen LogP contribution in [0.3, 0.4) is 0 Å². The highest BCUT2D eigenvalue weighted by molar-refractivity contribution is 9.11. The SMILES string of the molecule is Cc1ccccc1CCNS(=O)(=O)c1cc(CN)sc1Br. The van der Waals surface area contributed by atoms with Crippen LogP contribution in [0.25, 0.3) is 0 Å². The summed E-state index contributed by atoms with van der Waals surface area (Å²) in [4.78, 5) is 1.10.